The van der Waals surface area contributed by atoms with Crippen molar-refractivity contribution >= 4 is 31.7 Å². The van der Waals surface area contributed by atoms with E-state index in [0.717, 1.165) is 9.80 Å². The molecule has 0 bridgehead atoms. The first kappa shape index (κ1) is 39.4. The fourth-order valence-electron chi connectivity index (χ4n) is 1.45. The maximum absolute atomic E-state index is 10.5. The molecule has 0 heterocycles. The van der Waals surface area contributed by atoms with Gasteiger partial charge in [0.05, 0.1) is 24.5 Å². The smallest absolute Gasteiger partial charge is 0.549 e. The summed E-state index contributed by atoms with van der Waals surface area (Å²) < 4.78 is 8.88. The van der Waals surface area contributed by atoms with Gasteiger partial charge in [-0.05, 0) is 0 Å². The molecule has 0 saturated heterocycles. The maximum atomic E-state index is 10.5. The SMILES string of the molecule is O=C([O-])CN(CCN(CC(=O)[O-])CC(=O)O)CC(=O)[O-].O=P(O)(O)O.[Na+].[Na+].[Na+]. The van der Waals surface area contributed by atoms with Crippen LogP contribution in [-0.2, 0) is 23.7 Å². The monoisotopic (exact) mass is 456 g/mol. The zero-order valence-corrected chi connectivity index (χ0v) is 22.5. The van der Waals surface area contributed by atoms with Gasteiger partial charge in [-0.15, -0.1) is 0 Å². The van der Waals surface area contributed by atoms with Gasteiger partial charge in [0.1, 0.15) is 0 Å². The van der Waals surface area contributed by atoms with Crippen LogP contribution in [0.1, 0.15) is 0 Å². The quantitative estimate of drug-likeness (QED) is 0.167. The Morgan fingerprint density at radius 3 is 1.07 bits per heavy atom. The van der Waals surface area contributed by atoms with Crippen molar-refractivity contribution in [2.45, 2.75) is 0 Å². The molecular formula is C10H16N2Na3O12P. The van der Waals surface area contributed by atoms with Crippen LogP contribution >= 0.6 is 7.82 Å². The predicted octanol–water partition coefficient (Wildman–Crippen LogP) is -16.0. The van der Waals surface area contributed by atoms with E-state index >= 15 is 0 Å². The van der Waals surface area contributed by atoms with Crippen molar-refractivity contribution in [2.75, 3.05) is 39.3 Å². The van der Waals surface area contributed by atoms with Gasteiger partial charge in [0.25, 0.3) is 0 Å². The Kier molecular flexibility index (Phi) is 29.8. The van der Waals surface area contributed by atoms with Crippen LogP contribution in [-0.4, -0.2) is 92.7 Å². The molecule has 4 N–H and O–H groups in total. The van der Waals surface area contributed by atoms with Gasteiger partial charge in [0.15, 0.2) is 0 Å². The Morgan fingerprint density at radius 1 is 0.679 bits per heavy atom. The molecule has 0 fully saturated rings. The molecule has 0 saturated carbocycles. The number of rotatable bonds is 11. The molecule has 0 aromatic rings. The number of hydrogen-bond donors (Lipinski definition) is 4. The Labute approximate surface area is 226 Å². The van der Waals surface area contributed by atoms with E-state index in [1.807, 2.05) is 0 Å². The second-order valence-electron chi connectivity index (χ2n) is 4.44. The molecule has 28 heavy (non-hydrogen) atoms. The largest absolute Gasteiger partial charge is 1.00 e. The Hall–Kier alpha value is 0.910. The molecule has 18 heteroatoms. The van der Waals surface area contributed by atoms with Crippen molar-refractivity contribution in [2.24, 2.45) is 0 Å². The summed E-state index contributed by atoms with van der Waals surface area (Å²) in [6, 6.07) is 0. The third-order valence-corrected chi connectivity index (χ3v) is 2.15. The van der Waals surface area contributed by atoms with Crippen LogP contribution in [0.15, 0.2) is 0 Å². The molecule has 0 atom stereocenters. The number of aliphatic carboxylic acids is 4. The molecule has 0 radical (unpaired) electrons. The van der Waals surface area contributed by atoms with Crippen LogP contribution in [0.4, 0.5) is 0 Å². The fraction of sp³-hybridized carbons (Fsp3) is 0.600. The molecule has 0 amide bonds. The number of carboxylic acids is 4. The number of carboxylic acid groups (broad SMARTS) is 4. The van der Waals surface area contributed by atoms with Gasteiger partial charge < -0.3 is 49.5 Å². The summed E-state index contributed by atoms with van der Waals surface area (Å²) in [6.07, 6.45) is 0. The summed E-state index contributed by atoms with van der Waals surface area (Å²) in [5.41, 5.74) is 0. The minimum atomic E-state index is -4.64. The van der Waals surface area contributed by atoms with Gasteiger partial charge in [-0.3, -0.25) is 14.6 Å². The second kappa shape index (κ2) is 21.2. The van der Waals surface area contributed by atoms with E-state index in [0.29, 0.717) is 0 Å². The van der Waals surface area contributed by atoms with Gasteiger partial charge in [-0.2, -0.15) is 0 Å². The number of nitrogens with zero attached hydrogens (tertiary/aromatic N) is 2. The standard InChI is InChI=1S/C10H16N2O8.3Na.H3O4P/c13-7(14)3-11(4-8(15)16)1-2-12(5-9(17)18)6-10(19)20;;;;1-5(2,3)4/h1-6H2,(H,13,14)(H,15,16)(H,17,18)(H,19,20);;;;(H3,1,2,3,4)/q;3*+1;/p-3. The molecule has 0 aliphatic carbocycles. The van der Waals surface area contributed by atoms with E-state index in [9.17, 15) is 34.5 Å². The molecule has 146 valence electrons. The molecule has 0 aromatic heterocycles. The van der Waals surface area contributed by atoms with Crippen molar-refractivity contribution < 1.29 is 148 Å². The third kappa shape index (κ3) is 37.6. The van der Waals surface area contributed by atoms with Crippen LogP contribution in [0.3, 0.4) is 0 Å². The van der Waals surface area contributed by atoms with E-state index in [-0.39, 0.29) is 102 Å². The Bertz CT molecular complexity index is 456. The molecule has 0 rings (SSSR count). The molecule has 0 aliphatic rings. The zero-order valence-electron chi connectivity index (χ0n) is 15.6. The second-order valence-corrected chi connectivity index (χ2v) is 5.47. The van der Waals surface area contributed by atoms with Gasteiger partial charge in [0.2, 0.25) is 0 Å². The van der Waals surface area contributed by atoms with Crippen LogP contribution in [0.2, 0.25) is 0 Å². The molecule has 0 aliphatic heterocycles. The van der Waals surface area contributed by atoms with Crippen molar-refractivity contribution in [3.8, 4) is 0 Å². The number of hydrogen-bond acceptors (Lipinski definition) is 10. The van der Waals surface area contributed by atoms with Crippen molar-refractivity contribution in [3.05, 3.63) is 0 Å². The van der Waals surface area contributed by atoms with E-state index in [1.54, 1.807) is 0 Å². The zero-order chi connectivity index (χ0) is 20.2. The topological polar surface area (TPSA) is 242 Å². The number of carbonyl (C=O) groups is 4. The normalized spacial score (nSPS) is 9.75. The summed E-state index contributed by atoms with van der Waals surface area (Å²) in [4.78, 5) is 65.2. The summed E-state index contributed by atoms with van der Waals surface area (Å²) in [6.45, 7) is -3.00. The first-order valence-corrected chi connectivity index (χ1v) is 7.81. The van der Waals surface area contributed by atoms with Crippen LogP contribution in [0, 0.1) is 0 Å². The van der Waals surface area contributed by atoms with Gasteiger partial charge in [0, 0.05) is 32.7 Å². The van der Waals surface area contributed by atoms with Crippen LogP contribution < -0.4 is 104 Å². The van der Waals surface area contributed by atoms with E-state index in [4.69, 9.17) is 24.4 Å². The summed E-state index contributed by atoms with van der Waals surface area (Å²) in [7, 11) is -4.64. The third-order valence-electron chi connectivity index (χ3n) is 2.15. The summed E-state index contributed by atoms with van der Waals surface area (Å²) in [5, 5.41) is 39.8. The first-order valence-electron chi connectivity index (χ1n) is 6.25. The molecular weight excluding hydrogens is 440 g/mol. The molecule has 0 unspecified atom stereocenters. The fourth-order valence-corrected chi connectivity index (χ4v) is 1.45. The Morgan fingerprint density at radius 2 is 0.893 bits per heavy atom. The van der Waals surface area contributed by atoms with Gasteiger partial charge in [-0.25, -0.2) is 4.57 Å². The minimum absolute atomic E-state index is 0. The Balaban J connectivity index is -0.000000195. The molecule has 0 spiro atoms. The first-order chi connectivity index (χ1) is 11.2. The van der Waals surface area contributed by atoms with Crippen molar-refractivity contribution in [1.29, 1.82) is 0 Å². The van der Waals surface area contributed by atoms with Gasteiger partial charge >= 0.3 is 102 Å². The average molecular weight is 456 g/mol. The van der Waals surface area contributed by atoms with E-state index < -0.39 is 57.9 Å². The van der Waals surface area contributed by atoms with Crippen molar-refractivity contribution in [1.82, 2.24) is 9.80 Å². The van der Waals surface area contributed by atoms with E-state index in [2.05, 4.69) is 0 Å². The molecule has 0 aromatic carbocycles. The molecule has 14 nitrogen and oxygen atoms in total. The van der Waals surface area contributed by atoms with E-state index in [1.165, 1.54) is 0 Å². The maximum Gasteiger partial charge on any atom is 1.00 e. The van der Waals surface area contributed by atoms with Crippen LogP contribution in [0.5, 0.6) is 0 Å². The summed E-state index contributed by atoms with van der Waals surface area (Å²) >= 11 is 0. The number of phosphoric acid groups is 1. The minimum Gasteiger partial charge on any atom is -0.549 e. The number of carbonyl (C=O) groups excluding carboxylic acids is 3. The summed E-state index contributed by atoms with van der Waals surface area (Å²) in [5.74, 6) is -5.82. The van der Waals surface area contributed by atoms with Crippen LogP contribution in [0.25, 0.3) is 0 Å². The average Bonchev–Trinajstić information content (AvgIpc) is 2.30. The predicted molar refractivity (Wildman–Crippen MR) is 69.8 cm³/mol. The van der Waals surface area contributed by atoms with Crippen molar-refractivity contribution in [3.63, 3.8) is 0 Å². The van der Waals surface area contributed by atoms with Gasteiger partial charge in [-0.1, -0.05) is 0 Å².